The Bertz CT molecular complexity index is 891. The minimum Gasteiger partial charge on any atom is -0.279 e. The molecular formula is C14H16N2O4S2. The Kier molecular flexibility index (Phi) is 4.55. The number of nitrogens with one attached hydrogen (secondary N) is 1. The van der Waals surface area contributed by atoms with Gasteiger partial charge in [0.05, 0.1) is 15.5 Å². The molecule has 3 N–H and O–H groups in total. The van der Waals surface area contributed by atoms with E-state index in [1.807, 2.05) is 19.1 Å². The van der Waals surface area contributed by atoms with Crippen LogP contribution >= 0.6 is 0 Å². The molecule has 0 fully saturated rings. The number of rotatable bonds is 5. The first-order valence-electron chi connectivity index (χ1n) is 6.47. The van der Waals surface area contributed by atoms with Crippen LogP contribution in [0.25, 0.3) is 0 Å². The maximum absolute atomic E-state index is 12.4. The second kappa shape index (κ2) is 6.07. The summed E-state index contributed by atoms with van der Waals surface area (Å²) in [6.45, 7) is 1.91. The standard InChI is InChI=1S/C14H16N2O4S2/c1-2-11-6-3-4-9-14(11)16-22(19,20)13-8-5-7-12(10-13)21(15,17)18/h3-10,16H,2H2,1H3,(H2,15,17,18). The van der Waals surface area contributed by atoms with E-state index in [0.717, 1.165) is 11.6 Å². The van der Waals surface area contributed by atoms with Gasteiger partial charge in [-0.25, -0.2) is 22.0 Å². The van der Waals surface area contributed by atoms with Crippen molar-refractivity contribution in [3.05, 3.63) is 54.1 Å². The van der Waals surface area contributed by atoms with Gasteiger partial charge in [0, 0.05) is 0 Å². The molecule has 0 atom stereocenters. The van der Waals surface area contributed by atoms with Gasteiger partial charge in [-0.2, -0.15) is 0 Å². The molecule has 2 rings (SSSR count). The molecule has 0 aliphatic rings. The highest BCUT2D eigenvalue weighted by Gasteiger charge is 2.18. The third-order valence-corrected chi connectivity index (χ3v) is 5.36. The van der Waals surface area contributed by atoms with Crippen LogP contribution in [0, 0.1) is 0 Å². The smallest absolute Gasteiger partial charge is 0.261 e. The fourth-order valence-electron chi connectivity index (χ4n) is 1.95. The number of sulfonamides is 2. The summed E-state index contributed by atoms with van der Waals surface area (Å²) in [7, 11) is -7.86. The molecule has 0 heterocycles. The predicted molar refractivity (Wildman–Crippen MR) is 84.4 cm³/mol. The summed E-state index contributed by atoms with van der Waals surface area (Å²) >= 11 is 0. The van der Waals surface area contributed by atoms with Crippen molar-refractivity contribution in [2.24, 2.45) is 5.14 Å². The van der Waals surface area contributed by atoms with E-state index < -0.39 is 20.0 Å². The summed E-state index contributed by atoms with van der Waals surface area (Å²) in [5.41, 5.74) is 1.31. The Hall–Kier alpha value is -1.90. The van der Waals surface area contributed by atoms with Crippen molar-refractivity contribution >= 4 is 25.7 Å². The monoisotopic (exact) mass is 340 g/mol. The van der Waals surface area contributed by atoms with Crippen LogP contribution in [-0.4, -0.2) is 16.8 Å². The zero-order chi connectivity index (χ0) is 16.4. The minimum atomic E-state index is -3.96. The lowest BCUT2D eigenvalue weighted by atomic mass is 10.1. The molecular weight excluding hydrogens is 324 g/mol. The van der Waals surface area contributed by atoms with Gasteiger partial charge in [-0.1, -0.05) is 31.2 Å². The number of hydrogen-bond acceptors (Lipinski definition) is 4. The van der Waals surface area contributed by atoms with Crippen LogP contribution in [0.4, 0.5) is 5.69 Å². The van der Waals surface area contributed by atoms with Gasteiger partial charge >= 0.3 is 0 Å². The number of aryl methyl sites for hydroxylation is 1. The lowest BCUT2D eigenvalue weighted by Crippen LogP contribution is -2.16. The van der Waals surface area contributed by atoms with Crippen molar-refractivity contribution in [2.75, 3.05) is 4.72 Å². The molecule has 2 aromatic rings. The van der Waals surface area contributed by atoms with Crippen molar-refractivity contribution < 1.29 is 16.8 Å². The van der Waals surface area contributed by atoms with Crippen LogP contribution in [0.15, 0.2) is 58.3 Å². The van der Waals surface area contributed by atoms with E-state index in [0.29, 0.717) is 12.1 Å². The zero-order valence-corrected chi connectivity index (χ0v) is 13.5. The molecule has 0 aliphatic carbocycles. The first kappa shape index (κ1) is 16.5. The predicted octanol–water partition coefficient (Wildman–Crippen LogP) is 1.70. The highest BCUT2D eigenvalue weighted by Crippen LogP contribution is 2.21. The quantitative estimate of drug-likeness (QED) is 0.864. The number of hydrogen-bond donors (Lipinski definition) is 2. The molecule has 22 heavy (non-hydrogen) atoms. The van der Waals surface area contributed by atoms with Crippen molar-refractivity contribution in [3.63, 3.8) is 0 Å². The van der Waals surface area contributed by atoms with Crippen LogP contribution in [0.2, 0.25) is 0 Å². The summed E-state index contributed by atoms with van der Waals surface area (Å²) in [6.07, 6.45) is 0.663. The SMILES string of the molecule is CCc1ccccc1NS(=O)(=O)c1cccc(S(N)(=O)=O)c1. The normalized spacial score (nSPS) is 12.1. The highest BCUT2D eigenvalue weighted by molar-refractivity contribution is 7.93. The maximum Gasteiger partial charge on any atom is 0.261 e. The topological polar surface area (TPSA) is 106 Å². The molecule has 0 aliphatic heterocycles. The Morgan fingerprint density at radius 1 is 0.955 bits per heavy atom. The van der Waals surface area contributed by atoms with Gasteiger partial charge in [0.25, 0.3) is 10.0 Å². The minimum absolute atomic E-state index is 0.162. The van der Waals surface area contributed by atoms with Gasteiger partial charge in [-0.3, -0.25) is 4.72 Å². The molecule has 0 saturated heterocycles. The van der Waals surface area contributed by atoms with Crippen LogP contribution in [0.5, 0.6) is 0 Å². The lowest BCUT2D eigenvalue weighted by molar-refractivity contribution is 0.597. The molecule has 0 amide bonds. The maximum atomic E-state index is 12.4. The second-order valence-electron chi connectivity index (χ2n) is 4.64. The third-order valence-electron chi connectivity index (χ3n) is 3.09. The first-order chi connectivity index (χ1) is 10.2. The Morgan fingerprint density at radius 2 is 1.59 bits per heavy atom. The van der Waals surface area contributed by atoms with Crippen molar-refractivity contribution in [1.29, 1.82) is 0 Å². The molecule has 0 aromatic heterocycles. The van der Waals surface area contributed by atoms with Crippen LogP contribution in [0.3, 0.4) is 0 Å². The number of para-hydroxylation sites is 1. The Balaban J connectivity index is 2.43. The summed E-state index contributed by atoms with van der Waals surface area (Å²) in [6, 6.07) is 11.9. The van der Waals surface area contributed by atoms with Gasteiger partial charge in [-0.15, -0.1) is 0 Å². The molecule has 8 heteroatoms. The lowest BCUT2D eigenvalue weighted by Gasteiger charge is -2.12. The van der Waals surface area contributed by atoms with E-state index in [9.17, 15) is 16.8 Å². The molecule has 0 spiro atoms. The van der Waals surface area contributed by atoms with E-state index in [1.54, 1.807) is 12.1 Å². The van der Waals surface area contributed by atoms with Crippen LogP contribution < -0.4 is 9.86 Å². The number of nitrogens with two attached hydrogens (primary N) is 1. The van der Waals surface area contributed by atoms with E-state index in [2.05, 4.69) is 4.72 Å². The molecule has 0 radical (unpaired) electrons. The van der Waals surface area contributed by atoms with Crippen LogP contribution in [0.1, 0.15) is 12.5 Å². The molecule has 0 unspecified atom stereocenters. The average molecular weight is 340 g/mol. The summed E-state index contributed by atoms with van der Waals surface area (Å²) in [5.74, 6) is 0. The van der Waals surface area contributed by atoms with Gasteiger partial charge < -0.3 is 0 Å². The third kappa shape index (κ3) is 3.65. The van der Waals surface area contributed by atoms with E-state index in [1.165, 1.54) is 18.2 Å². The van der Waals surface area contributed by atoms with Gasteiger partial charge in [-0.05, 0) is 36.2 Å². The molecule has 0 bridgehead atoms. The molecule has 6 nitrogen and oxygen atoms in total. The Labute approximate surface area is 130 Å². The van der Waals surface area contributed by atoms with Crippen molar-refractivity contribution in [1.82, 2.24) is 0 Å². The van der Waals surface area contributed by atoms with E-state index in [-0.39, 0.29) is 9.79 Å². The Morgan fingerprint density at radius 3 is 2.23 bits per heavy atom. The zero-order valence-electron chi connectivity index (χ0n) is 11.9. The summed E-state index contributed by atoms with van der Waals surface area (Å²) < 4.78 is 49.9. The van der Waals surface area contributed by atoms with E-state index in [4.69, 9.17) is 5.14 Å². The fourth-order valence-corrected chi connectivity index (χ4v) is 3.73. The number of benzene rings is 2. The second-order valence-corrected chi connectivity index (χ2v) is 7.88. The number of primary sulfonamides is 1. The van der Waals surface area contributed by atoms with E-state index >= 15 is 0 Å². The highest BCUT2D eigenvalue weighted by atomic mass is 32.2. The molecule has 2 aromatic carbocycles. The van der Waals surface area contributed by atoms with Gasteiger partial charge in [0.1, 0.15) is 0 Å². The van der Waals surface area contributed by atoms with Gasteiger partial charge in [0.15, 0.2) is 0 Å². The summed E-state index contributed by atoms with van der Waals surface area (Å²) in [5, 5.41) is 5.02. The largest absolute Gasteiger partial charge is 0.279 e. The van der Waals surface area contributed by atoms with Gasteiger partial charge in [0.2, 0.25) is 10.0 Å². The fraction of sp³-hybridized carbons (Fsp3) is 0.143. The molecule has 0 saturated carbocycles. The molecule has 118 valence electrons. The van der Waals surface area contributed by atoms with Crippen LogP contribution in [-0.2, 0) is 26.5 Å². The average Bonchev–Trinajstić information content (AvgIpc) is 2.47. The van der Waals surface area contributed by atoms with Crippen molar-refractivity contribution in [2.45, 2.75) is 23.1 Å². The summed E-state index contributed by atoms with van der Waals surface area (Å²) in [4.78, 5) is -0.413. The first-order valence-corrected chi connectivity index (χ1v) is 9.50. The number of anilines is 1. The van der Waals surface area contributed by atoms with Crippen molar-refractivity contribution in [3.8, 4) is 0 Å².